The molecular formula is C13H24N2O2. The fourth-order valence-electron chi connectivity index (χ4n) is 2.42. The van der Waals surface area contributed by atoms with Gasteiger partial charge in [-0.2, -0.15) is 0 Å². The van der Waals surface area contributed by atoms with E-state index < -0.39 is 0 Å². The Morgan fingerprint density at radius 1 is 1.29 bits per heavy atom. The summed E-state index contributed by atoms with van der Waals surface area (Å²) in [5.41, 5.74) is 0. The van der Waals surface area contributed by atoms with Crippen molar-refractivity contribution in [2.45, 2.75) is 65.6 Å². The molecule has 0 saturated carbocycles. The Labute approximate surface area is 104 Å². The molecule has 0 radical (unpaired) electrons. The molecule has 0 aromatic rings. The van der Waals surface area contributed by atoms with Crippen LogP contribution < -0.4 is 5.32 Å². The maximum absolute atomic E-state index is 12.4. The van der Waals surface area contributed by atoms with Gasteiger partial charge in [0, 0.05) is 6.04 Å². The molecule has 0 aromatic heterocycles. The van der Waals surface area contributed by atoms with E-state index in [4.69, 9.17) is 0 Å². The molecule has 1 saturated heterocycles. The van der Waals surface area contributed by atoms with Gasteiger partial charge in [-0.3, -0.25) is 9.59 Å². The Hall–Kier alpha value is -1.06. The van der Waals surface area contributed by atoms with Gasteiger partial charge in [-0.25, -0.2) is 0 Å². The lowest BCUT2D eigenvalue weighted by Gasteiger charge is -2.42. The second-order valence-corrected chi connectivity index (χ2v) is 5.29. The predicted octanol–water partition coefficient (Wildman–Crippen LogP) is 1.55. The van der Waals surface area contributed by atoms with E-state index in [9.17, 15) is 9.59 Å². The minimum atomic E-state index is -0.363. The predicted molar refractivity (Wildman–Crippen MR) is 67.4 cm³/mol. The molecule has 1 N–H and O–H groups in total. The van der Waals surface area contributed by atoms with Gasteiger partial charge in [0.2, 0.25) is 11.8 Å². The highest BCUT2D eigenvalue weighted by Crippen LogP contribution is 2.20. The van der Waals surface area contributed by atoms with Crippen molar-refractivity contribution in [2.75, 3.05) is 0 Å². The molecule has 4 heteroatoms. The van der Waals surface area contributed by atoms with Crippen molar-refractivity contribution < 1.29 is 9.59 Å². The standard InChI is InChI=1S/C13H24N2O2/c1-6-7-9(4)15-10(5)12(16)14-11(8(2)3)13(15)17/h8-11H,6-7H2,1-5H3,(H,14,16). The van der Waals surface area contributed by atoms with Gasteiger partial charge >= 0.3 is 0 Å². The summed E-state index contributed by atoms with van der Waals surface area (Å²) >= 11 is 0. The minimum Gasteiger partial charge on any atom is -0.342 e. The zero-order valence-corrected chi connectivity index (χ0v) is 11.5. The molecule has 4 nitrogen and oxygen atoms in total. The fraction of sp³-hybridized carbons (Fsp3) is 0.846. The van der Waals surface area contributed by atoms with E-state index in [1.165, 1.54) is 0 Å². The molecule has 1 fully saturated rings. The molecule has 1 aliphatic rings. The van der Waals surface area contributed by atoms with Crippen LogP contribution in [0.15, 0.2) is 0 Å². The second kappa shape index (κ2) is 5.52. The molecule has 2 amide bonds. The highest BCUT2D eigenvalue weighted by Gasteiger charge is 2.41. The van der Waals surface area contributed by atoms with E-state index in [0.717, 1.165) is 12.8 Å². The van der Waals surface area contributed by atoms with E-state index in [-0.39, 0.29) is 35.9 Å². The van der Waals surface area contributed by atoms with Gasteiger partial charge in [-0.05, 0) is 26.2 Å². The Kier molecular flexibility index (Phi) is 4.54. The first-order valence-electron chi connectivity index (χ1n) is 6.52. The largest absolute Gasteiger partial charge is 0.342 e. The van der Waals surface area contributed by atoms with Crippen LogP contribution in [0.5, 0.6) is 0 Å². The third-order valence-corrected chi connectivity index (χ3v) is 3.46. The van der Waals surface area contributed by atoms with Crippen LogP contribution in [0.25, 0.3) is 0 Å². The lowest BCUT2D eigenvalue weighted by molar-refractivity contribution is -0.152. The quantitative estimate of drug-likeness (QED) is 0.810. The molecule has 3 unspecified atom stereocenters. The van der Waals surface area contributed by atoms with Crippen molar-refractivity contribution in [2.24, 2.45) is 5.92 Å². The smallest absolute Gasteiger partial charge is 0.246 e. The van der Waals surface area contributed by atoms with Gasteiger partial charge in [0.1, 0.15) is 12.1 Å². The molecule has 0 bridgehead atoms. The van der Waals surface area contributed by atoms with Crippen molar-refractivity contribution in [3.05, 3.63) is 0 Å². The summed E-state index contributed by atoms with van der Waals surface area (Å²) in [6, 6.07) is -0.577. The molecule has 1 rings (SSSR count). The van der Waals surface area contributed by atoms with E-state index >= 15 is 0 Å². The summed E-state index contributed by atoms with van der Waals surface area (Å²) in [4.78, 5) is 26.0. The van der Waals surface area contributed by atoms with Crippen molar-refractivity contribution in [3.8, 4) is 0 Å². The lowest BCUT2D eigenvalue weighted by Crippen LogP contribution is -2.65. The normalized spacial score (nSPS) is 27.3. The van der Waals surface area contributed by atoms with Crippen LogP contribution in [0, 0.1) is 5.92 Å². The van der Waals surface area contributed by atoms with Crippen LogP contribution in [0.1, 0.15) is 47.5 Å². The van der Waals surface area contributed by atoms with Gasteiger partial charge in [-0.15, -0.1) is 0 Å². The first-order valence-corrected chi connectivity index (χ1v) is 6.52. The van der Waals surface area contributed by atoms with Gasteiger partial charge in [-0.1, -0.05) is 27.2 Å². The third-order valence-electron chi connectivity index (χ3n) is 3.46. The summed E-state index contributed by atoms with van der Waals surface area (Å²) in [7, 11) is 0. The van der Waals surface area contributed by atoms with E-state index in [0.29, 0.717) is 0 Å². The van der Waals surface area contributed by atoms with Crippen molar-refractivity contribution in [3.63, 3.8) is 0 Å². The van der Waals surface area contributed by atoms with Gasteiger partial charge in [0.05, 0.1) is 0 Å². The zero-order chi connectivity index (χ0) is 13.2. The summed E-state index contributed by atoms with van der Waals surface area (Å²) in [6.45, 7) is 9.84. The Morgan fingerprint density at radius 3 is 2.35 bits per heavy atom. The van der Waals surface area contributed by atoms with Crippen molar-refractivity contribution in [1.82, 2.24) is 10.2 Å². The number of piperazine rings is 1. The number of rotatable bonds is 4. The van der Waals surface area contributed by atoms with Crippen LogP contribution in [-0.2, 0) is 9.59 Å². The first kappa shape index (κ1) is 14.0. The average Bonchev–Trinajstić information content (AvgIpc) is 2.23. The summed E-state index contributed by atoms with van der Waals surface area (Å²) in [6.07, 6.45) is 1.96. The van der Waals surface area contributed by atoms with Crippen molar-refractivity contribution in [1.29, 1.82) is 0 Å². The molecule has 0 aromatic carbocycles. The van der Waals surface area contributed by atoms with Gasteiger partial charge in [0.15, 0.2) is 0 Å². The second-order valence-electron chi connectivity index (χ2n) is 5.29. The SMILES string of the molecule is CCCC(C)N1C(=O)C(C(C)C)NC(=O)C1C. The molecule has 3 atom stereocenters. The maximum Gasteiger partial charge on any atom is 0.246 e. The lowest BCUT2D eigenvalue weighted by atomic mass is 9.96. The highest BCUT2D eigenvalue weighted by atomic mass is 16.2. The van der Waals surface area contributed by atoms with Crippen LogP contribution in [-0.4, -0.2) is 34.8 Å². The maximum atomic E-state index is 12.4. The molecule has 98 valence electrons. The Bertz CT molecular complexity index is 302. The number of amides is 2. The topological polar surface area (TPSA) is 49.4 Å². The number of hydrogen-bond donors (Lipinski definition) is 1. The summed E-state index contributed by atoms with van der Waals surface area (Å²) < 4.78 is 0. The van der Waals surface area contributed by atoms with Crippen LogP contribution in [0.4, 0.5) is 0 Å². The highest BCUT2D eigenvalue weighted by molar-refractivity contribution is 5.97. The van der Waals surface area contributed by atoms with E-state index in [1.54, 1.807) is 11.8 Å². The Morgan fingerprint density at radius 2 is 1.88 bits per heavy atom. The van der Waals surface area contributed by atoms with E-state index in [1.807, 2.05) is 20.8 Å². The molecule has 1 heterocycles. The van der Waals surface area contributed by atoms with Crippen LogP contribution in [0.3, 0.4) is 0 Å². The van der Waals surface area contributed by atoms with Crippen molar-refractivity contribution >= 4 is 11.8 Å². The molecule has 1 aliphatic heterocycles. The molecule has 0 spiro atoms. The summed E-state index contributed by atoms with van der Waals surface area (Å²) in [5, 5.41) is 2.81. The number of hydrogen-bond acceptors (Lipinski definition) is 2. The van der Waals surface area contributed by atoms with E-state index in [2.05, 4.69) is 12.2 Å². The first-order chi connectivity index (χ1) is 7.90. The monoisotopic (exact) mass is 240 g/mol. The number of nitrogens with one attached hydrogen (secondary N) is 1. The summed E-state index contributed by atoms with van der Waals surface area (Å²) in [5.74, 6) is 0.162. The zero-order valence-electron chi connectivity index (χ0n) is 11.5. The molecule has 0 aliphatic carbocycles. The van der Waals surface area contributed by atoms with Gasteiger partial charge in [0.25, 0.3) is 0 Å². The minimum absolute atomic E-state index is 0.0359. The molecule has 17 heavy (non-hydrogen) atoms. The number of carbonyl (C=O) groups is 2. The van der Waals surface area contributed by atoms with Crippen LogP contribution >= 0.6 is 0 Å². The van der Waals surface area contributed by atoms with Crippen LogP contribution in [0.2, 0.25) is 0 Å². The fourth-order valence-corrected chi connectivity index (χ4v) is 2.42. The molecular weight excluding hydrogens is 216 g/mol. The van der Waals surface area contributed by atoms with Gasteiger partial charge < -0.3 is 10.2 Å². The number of carbonyl (C=O) groups excluding carboxylic acids is 2. The Balaban J connectivity index is 2.91. The number of nitrogens with zero attached hydrogens (tertiary/aromatic N) is 1. The third kappa shape index (κ3) is 2.79. The average molecular weight is 240 g/mol.